The minimum Gasteiger partial charge on any atom is -0.393 e. The molecule has 0 radical (unpaired) electrons. The zero-order valence-electron chi connectivity index (χ0n) is 9.59. The molecule has 0 bridgehead atoms. The van der Waals surface area contributed by atoms with Crippen LogP contribution in [-0.4, -0.2) is 23.9 Å². The van der Waals surface area contributed by atoms with Gasteiger partial charge in [0.25, 0.3) is 0 Å². The summed E-state index contributed by atoms with van der Waals surface area (Å²) in [6.07, 6.45) is 7.58. The van der Waals surface area contributed by atoms with Crippen LogP contribution in [0.15, 0.2) is 0 Å². The van der Waals surface area contributed by atoms with Crippen LogP contribution in [0.2, 0.25) is 0 Å². The summed E-state index contributed by atoms with van der Waals surface area (Å²) in [6.45, 7) is 5.53. The van der Waals surface area contributed by atoms with E-state index in [1.807, 2.05) is 0 Å². The van der Waals surface area contributed by atoms with E-state index in [4.69, 9.17) is 9.84 Å². The van der Waals surface area contributed by atoms with Gasteiger partial charge in [-0.1, -0.05) is 46.0 Å². The third-order valence-electron chi connectivity index (χ3n) is 3.00. The van der Waals surface area contributed by atoms with E-state index in [0.717, 1.165) is 18.9 Å². The molecule has 1 rings (SSSR count). The first-order valence-electron chi connectivity index (χ1n) is 5.93. The van der Waals surface area contributed by atoms with E-state index in [1.54, 1.807) is 0 Å². The summed E-state index contributed by atoms with van der Waals surface area (Å²) in [4.78, 5) is 0. The number of hydrogen-bond donors (Lipinski definition) is 1. The number of epoxide rings is 1. The number of rotatable bonds is 8. The number of ether oxygens (including phenoxy) is 1. The highest BCUT2D eigenvalue weighted by molar-refractivity contribution is 4.90. The van der Waals surface area contributed by atoms with Crippen LogP contribution in [-0.2, 0) is 4.74 Å². The quantitative estimate of drug-likeness (QED) is 0.482. The van der Waals surface area contributed by atoms with Gasteiger partial charge in [0.2, 0.25) is 0 Å². The second-order valence-corrected chi connectivity index (χ2v) is 4.98. The molecule has 0 aromatic heterocycles. The summed E-state index contributed by atoms with van der Waals surface area (Å²) in [6, 6.07) is 0. The average molecular weight is 200 g/mol. The fourth-order valence-electron chi connectivity index (χ4n) is 1.77. The van der Waals surface area contributed by atoms with Crippen molar-refractivity contribution in [3.8, 4) is 0 Å². The molecule has 0 saturated carbocycles. The molecular formula is C12H24O2. The Balaban J connectivity index is 1.85. The van der Waals surface area contributed by atoms with Crippen LogP contribution >= 0.6 is 0 Å². The van der Waals surface area contributed by atoms with Crippen molar-refractivity contribution in [2.75, 3.05) is 13.2 Å². The molecule has 1 atom stereocenters. The molecule has 0 aromatic carbocycles. The van der Waals surface area contributed by atoms with Gasteiger partial charge < -0.3 is 9.84 Å². The summed E-state index contributed by atoms with van der Waals surface area (Å²) >= 11 is 0. The van der Waals surface area contributed by atoms with Crippen LogP contribution in [0.4, 0.5) is 0 Å². The predicted octanol–water partition coefficient (Wildman–Crippen LogP) is 2.74. The molecule has 2 nitrogen and oxygen atoms in total. The zero-order valence-corrected chi connectivity index (χ0v) is 9.59. The molecule has 2 heteroatoms. The Labute approximate surface area is 87.7 Å². The third-order valence-corrected chi connectivity index (χ3v) is 3.00. The Morgan fingerprint density at radius 3 is 2.36 bits per heavy atom. The lowest BCUT2D eigenvalue weighted by Crippen LogP contribution is -2.16. The number of hydrogen-bond acceptors (Lipinski definition) is 2. The van der Waals surface area contributed by atoms with Crippen molar-refractivity contribution < 1.29 is 9.84 Å². The lowest BCUT2D eigenvalue weighted by Gasteiger charge is -2.08. The van der Waals surface area contributed by atoms with Crippen molar-refractivity contribution in [2.24, 2.45) is 5.92 Å². The summed E-state index contributed by atoms with van der Waals surface area (Å²) in [5.74, 6) is 0.838. The van der Waals surface area contributed by atoms with E-state index in [2.05, 4.69) is 13.8 Å². The first-order chi connectivity index (χ1) is 6.68. The maximum absolute atomic E-state index is 9.01. The van der Waals surface area contributed by atoms with Crippen LogP contribution in [0.1, 0.15) is 52.4 Å². The highest BCUT2D eigenvalue weighted by Crippen LogP contribution is 2.32. The molecule has 0 unspecified atom stereocenters. The van der Waals surface area contributed by atoms with E-state index in [9.17, 15) is 0 Å². The molecule has 0 spiro atoms. The zero-order chi connectivity index (χ0) is 10.4. The van der Waals surface area contributed by atoms with Crippen LogP contribution in [0.25, 0.3) is 0 Å². The topological polar surface area (TPSA) is 32.8 Å². The van der Waals surface area contributed by atoms with E-state index < -0.39 is 0 Å². The molecular weight excluding hydrogens is 176 g/mol. The lowest BCUT2D eigenvalue weighted by atomic mass is 10.00. The molecule has 1 aliphatic heterocycles. The second-order valence-electron chi connectivity index (χ2n) is 4.98. The molecule has 14 heavy (non-hydrogen) atoms. The molecule has 1 heterocycles. The molecule has 0 amide bonds. The fraction of sp³-hybridized carbons (Fsp3) is 1.00. The highest BCUT2D eigenvalue weighted by Gasteiger charge is 2.43. The summed E-state index contributed by atoms with van der Waals surface area (Å²) < 4.78 is 5.24. The van der Waals surface area contributed by atoms with Gasteiger partial charge in [0.05, 0.1) is 13.2 Å². The molecule has 1 saturated heterocycles. The van der Waals surface area contributed by atoms with Gasteiger partial charge in [-0.2, -0.15) is 0 Å². The van der Waals surface area contributed by atoms with Crippen molar-refractivity contribution in [1.29, 1.82) is 0 Å². The number of aliphatic hydroxyl groups is 1. The number of unbranched alkanes of at least 4 members (excludes halogenated alkanes) is 3. The average Bonchev–Trinajstić information content (AvgIpc) is 2.91. The van der Waals surface area contributed by atoms with E-state index in [1.165, 1.54) is 32.1 Å². The van der Waals surface area contributed by atoms with Gasteiger partial charge in [0.15, 0.2) is 0 Å². The van der Waals surface area contributed by atoms with Gasteiger partial charge in [-0.3, -0.25) is 0 Å². The van der Waals surface area contributed by atoms with Crippen LogP contribution < -0.4 is 0 Å². The predicted molar refractivity (Wildman–Crippen MR) is 58.3 cm³/mol. The molecule has 1 aliphatic rings. The maximum atomic E-state index is 9.01. The first-order valence-corrected chi connectivity index (χ1v) is 5.93. The normalized spacial score (nSPS) is 25.7. The summed E-state index contributed by atoms with van der Waals surface area (Å²) in [5, 5.41) is 9.01. The van der Waals surface area contributed by atoms with Crippen LogP contribution in [0, 0.1) is 5.92 Å². The van der Waals surface area contributed by atoms with Crippen molar-refractivity contribution in [3.63, 3.8) is 0 Å². The van der Waals surface area contributed by atoms with E-state index in [0.29, 0.717) is 0 Å². The van der Waals surface area contributed by atoms with Gasteiger partial charge in [-0.25, -0.2) is 0 Å². The molecule has 0 aliphatic carbocycles. The Bertz CT molecular complexity index is 150. The molecule has 0 aromatic rings. The lowest BCUT2D eigenvalue weighted by molar-refractivity contribution is 0.161. The van der Waals surface area contributed by atoms with Gasteiger partial charge in [0.1, 0.15) is 5.60 Å². The summed E-state index contributed by atoms with van der Waals surface area (Å²) in [5.41, 5.74) is -0.113. The van der Waals surface area contributed by atoms with E-state index >= 15 is 0 Å². The molecule has 84 valence electrons. The van der Waals surface area contributed by atoms with Crippen molar-refractivity contribution in [2.45, 2.75) is 58.0 Å². The van der Waals surface area contributed by atoms with Crippen LogP contribution in [0.3, 0.4) is 0 Å². The minimum absolute atomic E-state index is 0.113. The maximum Gasteiger partial charge on any atom is 0.115 e. The number of aliphatic hydroxyl groups excluding tert-OH is 1. The van der Waals surface area contributed by atoms with Crippen molar-refractivity contribution in [1.82, 2.24) is 0 Å². The monoisotopic (exact) mass is 200 g/mol. The van der Waals surface area contributed by atoms with Gasteiger partial charge in [0, 0.05) is 0 Å². The Morgan fingerprint density at radius 1 is 1.21 bits per heavy atom. The van der Waals surface area contributed by atoms with Gasteiger partial charge >= 0.3 is 0 Å². The van der Waals surface area contributed by atoms with Crippen molar-refractivity contribution in [3.05, 3.63) is 0 Å². The Morgan fingerprint density at radius 2 is 1.86 bits per heavy atom. The standard InChI is InChI=1S/C12H24O2/c1-11(2)7-5-3-4-6-8-12(9-13)10-14-12/h11,13H,3-10H2,1-2H3/t12-/m1/s1. The highest BCUT2D eigenvalue weighted by atomic mass is 16.6. The van der Waals surface area contributed by atoms with Gasteiger partial charge in [-0.15, -0.1) is 0 Å². The Kier molecular flexibility index (Phi) is 4.90. The first kappa shape index (κ1) is 12.0. The smallest absolute Gasteiger partial charge is 0.115 e. The SMILES string of the molecule is CC(C)CCCCCC[C@@]1(CO)CO1. The van der Waals surface area contributed by atoms with Crippen LogP contribution in [0.5, 0.6) is 0 Å². The largest absolute Gasteiger partial charge is 0.393 e. The van der Waals surface area contributed by atoms with Crippen molar-refractivity contribution >= 4 is 0 Å². The van der Waals surface area contributed by atoms with Gasteiger partial charge in [-0.05, 0) is 12.3 Å². The second kappa shape index (κ2) is 5.72. The molecule has 1 N–H and O–H groups in total. The minimum atomic E-state index is -0.113. The Hall–Kier alpha value is -0.0800. The van der Waals surface area contributed by atoms with E-state index in [-0.39, 0.29) is 12.2 Å². The third kappa shape index (κ3) is 4.43. The molecule has 1 fully saturated rings. The fourth-order valence-corrected chi connectivity index (χ4v) is 1.77. The summed E-state index contributed by atoms with van der Waals surface area (Å²) in [7, 11) is 0.